The third-order valence-corrected chi connectivity index (χ3v) is 15.7. The van der Waals surface area contributed by atoms with Crippen LogP contribution >= 0.6 is 0 Å². The molecule has 0 spiro atoms. The first kappa shape index (κ1) is 77.9. The molecule has 0 saturated heterocycles. The predicted octanol–water partition coefficient (Wildman–Crippen LogP) is 24.4. The third kappa shape index (κ3) is 67.5. The van der Waals surface area contributed by atoms with Gasteiger partial charge in [-0.3, -0.25) is 14.4 Å². The minimum Gasteiger partial charge on any atom is -0.462 e. The summed E-state index contributed by atoms with van der Waals surface area (Å²) in [4.78, 5) is 38.5. The summed E-state index contributed by atoms with van der Waals surface area (Å²) in [7, 11) is 0. The van der Waals surface area contributed by atoms with Gasteiger partial charge in [0.2, 0.25) is 0 Å². The van der Waals surface area contributed by atoms with Gasteiger partial charge >= 0.3 is 17.9 Å². The Morgan fingerprint density at radius 1 is 0.247 bits per heavy atom. The molecular weight excluding hydrogens is 997 g/mol. The highest BCUT2D eigenvalue weighted by Gasteiger charge is 2.19. The van der Waals surface area contributed by atoms with E-state index in [0.29, 0.717) is 19.3 Å². The largest absolute Gasteiger partial charge is 0.462 e. The fourth-order valence-corrected chi connectivity index (χ4v) is 10.3. The lowest BCUT2D eigenvalue weighted by molar-refractivity contribution is -0.167. The standard InChI is InChI=1S/C75H134O6/c1-4-7-10-13-16-19-22-25-28-30-32-34-36-37-39-40-42-44-47-50-53-56-59-62-65-68-74(77)80-71-72(70-79-73(76)67-64-61-58-55-52-49-46-27-24-21-18-15-12-9-6-3)81-75(78)69-66-63-60-57-54-51-48-45-43-41-38-35-33-31-29-26-23-20-17-14-11-8-5-2/h22-23,25-26,30-33,36-38,41,72H,4-21,24,27-29,34-35,39-40,42-71H2,1-3H3/b25-22-,26-23-,32-30-,33-31-,37-36-,41-38-. The van der Waals surface area contributed by atoms with Crippen molar-refractivity contribution in [1.82, 2.24) is 0 Å². The Hall–Kier alpha value is -3.15. The molecule has 0 rings (SSSR count). The Bertz CT molecular complexity index is 1490. The maximum Gasteiger partial charge on any atom is 0.306 e. The highest BCUT2D eigenvalue weighted by atomic mass is 16.6. The summed E-state index contributed by atoms with van der Waals surface area (Å²) in [5.41, 5.74) is 0. The van der Waals surface area contributed by atoms with Crippen molar-refractivity contribution in [3.8, 4) is 0 Å². The van der Waals surface area contributed by atoms with Crippen LogP contribution in [0.1, 0.15) is 367 Å². The second kappa shape index (κ2) is 69.3. The Kier molecular flexibility index (Phi) is 66.6. The van der Waals surface area contributed by atoms with Gasteiger partial charge in [-0.25, -0.2) is 0 Å². The van der Waals surface area contributed by atoms with Crippen LogP contribution in [-0.4, -0.2) is 37.2 Å². The van der Waals surface area contributed by atoms with Crippen molar-refractivity contribution in [2.75, 3.05) is 13.2 Å². The summed E-state index contributed by atoms with van der Waals surface area (Å²) < 4.78 is 17.0. The summed E-state index contributed by atoms with van der Waals surface area (Å²) >= 11 is 0. The molecule has 0 aromatic carbocycles. The fourth-order valence-electron chi connectivity index (χ4n) is 10.3. The van der Waals surface area contributed by atoms with Crippen LogP contribution in [0.25, 0.3) is 0 Å². The molecule has 1 unspecified atom stereocenters. The maximum atomic E-state index is 13.0. The molecule has 0 aliphatic rings. The number of allylic oxidation sites excluding steroid dienone is 12. The van der Waals surface area contributed by atoms with Crippen molar-refractivity contribution < 1.29 is 28.6 Å². The number of carbonyl (C=O) groups is 3. The van der Waals surface area contributed by atoms with Gasteiger partial charge in [0.15, 0.2) is 6.10 Å². The van der Waals surface area contributed by atoms with Gasteiger partial charge < -0.3 is 14.2 Å². The van der Waals surface area contributed by atoms with Crippen LogP contribution in [0.15, 0.2) is 72.9 Å². The van der Waals surface area contributed by atoms with Gasteiger partial charge in [0, 0.05) is 19.3 Å². The van der Waals surface area contributed by atoms with Gasteiger partial charge in [-0.15, -0.1) is 0 Å². The van der Waals surface area contributed by atoms with Gasteiger partial charge in [0.1, 0.15) is 13.2 Å². The lowest BCUT2D eigenvalue weighted by Gasteiger charge is -2.18. The molecule has 6 heteroatoms. The smallest absolute Gasteiger partial charge is 0.306 e. The van der Waals surface area contributed by atoms with E-state index in [-0.39, 0.29) is 31.1 Å². The first-order valence-electron chi connectivity index (χ1n) is 35.4. The zero-order valence-electron chi connectivity index (χ0n) is 54.1. The summed E-state index contributed by atoms with van der Waals surface area (Å²) in [6.45, 7) is 6.66. The maximum absolute atomic E-state index is 13.0. The third-order valence-electron chi connectivity index (χ3n) is 15.7. The second-order valence-corrected chi connectivity index (χ2v) is 23.8. The van der Waals surface area contributed by atoms with Crippen LogP contribution in [0.2, 0.25) is 0 Å². The van der Waals surface area contributed by atoms with Crippen LogP contribution in [-0.2, 0) is 28.6 Å². The topological polar surface area (TPSA) is 78.9 Å². The number of carbonyl (C=O) groups excluding carboxylic acids is 3. The molecule has 0 aromatic heterocycles. The average Bonchev–Trinajstić information content (AvgIpc) is 3.47. The first-order chi connectivity index (χ1) is 40.0. The van der Waals surface area contributed by atoms with Crippen molar-refractivity contribution in [3.05, 3.63) is 72.9 Å². The number of rotatable bonds is 65. The summed E-state index contributed by atoms with van der Waals surface area (Å²) in [5, 5.41) is 0. The van der Waals surface area contributed by atoms with E-state index in [2.05, 4.69) is 93.7 Å². The summed E-state index contributed by atoms with van der Waals surface area (Å²) in [5.74, 6) is -0.866. The van der Waals surface area contributed by atoms with E-state index in [1.54, 1.807) is 0 Å². The van der Waals surface area contributed by atoms with Crippen LogP contribution in [0, 0.1) is 0 Å². The number of esters is 3. The lowest BCUT2D eigenvalue weighted by atomic mass is 10.0. The Labute approximate surface area is 503 Å². The monoisotopic (exact) mass is 1130 g/mol. The summed E-state index contributed by atoms with van der Waals surface area (Å²) in [6, 6.07) is 0. The molecule has 0 radical (unpaired) electrons. The van der Waals surface area contributed by atoms with Crippen LogP contribution in [0.5, 0.6) is 0 Å². The Morgan fingerprint density at radius 3 is 0.691 bits per heavy atom. The second-order valence-electron chi connectivity index (χ2n) is 23.8. The molecule has 470 valence electrons. The molecule has 0 fully saturated rings. The molecule has 0 aromatic rings. The number of hydrogen-bond acceptors (Lipinski definition) is 6. The molecule has 6 nitrogen and oxygen atoms in total. The quantitative estimate of drug-likeness (QED) is 0.0261. The molecule has 0 aliphatic carbocycles. The Balaban J connectivity index is 4.34. The predicted molar refractivity (Wildman–Crippen MR) is 353 cm³/mol. The van der Waals surface area contributed by atoms with Crippen molar-refractivity contribution in [2.24, 2.45) is 0 Å². The van der Waals surface area contributed by atoms with Gasteiger partial charge in [-0.2, -0.15) is 0 Å². The van der Waals surface area contributed by atoms with Crippen LogP contribution in [0.4, 0.5) is 0 Å². The lowest BCUT2D eigenvalue weighted by Crippen LogP contribution is -2.30. The minimum atomic E-state index is -0.782. The highest BCUT2D eigenvalue weighted by molar-refractivity contribution is 5.71. The van der Waals surface area contributed by atoms with Crippen LogP contribution in [0.3, 0.4) is 0 Å². The molecule has 0 heterocycles. The molecule has 0 aliphatic heterocycles. The SMILES string of the molecule is CCCCCCC/C=C\C/C=C\C/C=C\CCCCCCCCCCCCC(=O)OCC(COC(=O)CCCCCCCCCCCCCCCCC)OC(=O)CCCCCCCCCC/C=C\C/C=C\C/C=C\CCCCCCC. The number of ether oxygens (including phenoxy) is 3. The zero-order valence-corrected chi connectivity index (χ0v) is 54.1. The average molecular weight is 1130 g/mol. The van der Waals surface area contributed by atoms with Gasteiger partial charge in [-0.1, -0.05) is 325 Å². The summed E-state index contributed by atoms with van der Waals surface area (Å²) in [6.07, 6.45) is 90.6. The van der Waals surface area contributed by atoms with E-state index < -0.39 is 6.10 Å². The molecule has 0 bridgehead atoms. The molecular formula is C75H134O6. The normalized spacial score (nSPS) is 12.5. The number of hydrogen-bond donors (Lipinski definition) is 0. The molecule has 0 amide bonds. The van der Waals surface area contributed by atoms with E-state index in [4.69, 9.17) is 14.2 Å². The van der Waals surface area contributed by atoms with Crippen molar-refractivity contribution in [3.63, 3.8) is 0 Å². The number of unbranched alkanes of at least 4 members (excludes halogenated alkanes) is 42. The van der Waals surface area contributed by atoms with Gasteiger partial charge in [0.05, 0.1) is 0 Å². The molecule has 0 N–H and O–H groups in total. The van der Waals surface area contributed by atoms with E-state index >= 15 is 0 Å². The van der Waals surface area contributed by atoms with E-state index in [0.717, 1.165) is 89.9 Å². The van der Waals surface area contributed by atoms with Gasteiger partial charge in [-0.05, 0) is 96.3 Å². The molecule has 0 saturated carbocycles. The van der Waals surface area contributed by atoms with Crippen molar-refractivity contribution >= 4 is 17.9 Å². The van der Waals surface area contributed by atoms with E-state index in [1.807, 2.05) is 0 Å². The van der Waals surface area contributed by atoms with E-state index in [1.165, 1.54) is 238 Å². The fraction of sp³-hybridized carbons (Fsp3) is 0.800. The van der Waals surface area contributed by atoms with Crippen molar-refractivity contribution in [1.29, 1.82) is 0 Å². The van der Waals surface area contributed by atoms with Crippen molar-refractivity contribution in [2.45, 2.75) is 374 Å². The highest BCUT2D eigenvalue weighted by Crippen LogP contribution is 2.17. The van der Waals surface area contributed by atoms with Crippen LogP contribution < -0.4 is 0 Å². The first-order valence-corrected chi connectivity index (χ1v) is 35.4. The molecule has 1 atom stereocenters. The van der Waals surface area contributed by atoms with E-state index in [9.17, 15) is 14.4 Å². The van der Waals surface area contributed by atoms with Gasteiger partial charge in [0.25, 0.3) is 0 Å². The Morgan fingerprint density at radius 2 is 0.444 bits per heavy atom. The minimum absolute atomic E-state index is 0.0761. The molecule has 81 heavy (non-hydrogen) atoms. The zero-order chi connectivity index (χ0) is 58.5.